The van der Waals surface area contributed by atoms with Gasteiger partial charge in [-0.05, 0) is 19.4 Å². The van der Waals surface area contributed by atoms with Gasteiger partial charge in [-0.3, -0.25) is 0 Å². The first kappa shape index (κ1) is 9.09. The number of alkyl halides is 1. The largest absolute Gasteiger partial charge is 0.196 e. The highest BCUT2D eigenvalue weighted by atomic mass is 35.5. The number of aryl methyl sites for hydroxylation is 1. The lowest BCUT2D eigenvalue weighted by Crippen LogP contribution is -2.09. The molecule has 1 rings (SSSR count). The molecule has 0 saturated carbocycles. The van der Waals surface area contributed by atoms with Crippen LogP contribution in [0, 0.1) is 18.3 Å². The van der Waals surface area contributed by atoms with Crippen molar-refractivity contribution in [3.05, 3.63) is 35.4 Å². The van der Waals surface area contributed by atoms with E-state index in [9.17, 15) is 0 Å². The molecular formula is C10H10ClN. The van der Waals surface area contributed by atoms with E-state index in [1.54, 1.807) is 6.92 Å². The molecule has 1 atom stereocenters. The quantitative estimate of drug-likeness (QED) is 0.608. The highest BCUT2D eigenvalue weighted by Crippen LogP contribution is 2.27. The molecule has 1 aromatic rings. The minimum absolute atomic E-state index is 0.845. The second-order valence-electron chi connectivity index (χ2n) is 2.98. The van der Waals surface area contributed by atoms with E-state index in [1.165, 1.54) is 5.56 Å². The van der Waals surface area contributed by atoms with Crippen molar-refractivity contribution in [1.29, 1.82) is 5.26 Å². The predicted octanol–water partition coefficient (Wildman–Crippen LogP) is 2.97. The summed E-state index contributed by atoms with van der Waals surface area (Å²) in [5, 5.41) is 8.73. The average Bonchev–Trinajstić information content (AvgIpc) is 2.05. The van der Waals surface area contributed by atoms with Gasteiger partial charge in [-0.25, -0.2) is 0 Å². The number of rotatable bonds is 1. The Morgan fingerprint density at radius 2 is 1.83 bits per heavy atom. The third kappa shape index (κ3) is 1.78. The van der Waals surface area contributed by atoms with Crippen LogP contribution in [-0.2, 0) is 4.87 Å². The maximum atomic E-state index is 8.73. The van der Waals surface area contributed by atoms with Gasteiger partial charge in [-0.2, -0.15) is 5.26 Å². The van der Waals surface area contributed by atoms with Gasteiger partial charge in [0.25, 0.3) is 0 Å². The monoisotopic (exact) mass is 179 g/mol. The molecule has 0 heterocycles. The molecule has 2 heteroatoms. The third-order valence-corrected chi connectivity index (χ3v) is 2.11. The van der Waals surface area contributed by atoms with E-state index in [4.69, 9.17) is 16.9 Å². The molecule has 12 heavy (non-hydrogen) atoms. The second-order valence-corrected chi connectivity index (χ2v) is 3.74. The van der Waals surface area contributed by atoms with E-state index in [-0.39, 0.29) is 0 Å². The Kier molecular flexibility index (Phi) is 2.40. The lowest BCUT2D eigenvalue weighted by Gasteiger charge is -2.12. The Morgan fingerprint density at radius 1 is 1.33 bits per heavy atom. The number of benzene rings is 1. The maximum Gasteiger partial charge on any atom is 0.153 e. The number of hydrogen-bond acceptors (Lipinski definition) is 1. The predicted molar refractivity (Wildman–Crippen MR) is 50.0 cm³/mol. The molecule has 0 spiro atoms. The smallest absolute Gasteiger partial charge is 0.153 e. The maximum absolute atomic E-state index is 8.73. The molecule has 0 N–H and O–H groups in total. The number of nitriles is 1. The van der Waals surface area contributed by atoms with Crippen LogP contribution in [0.5, 0.6) is 0 Å². The molecule has 0 aliphatic carbocycles. The fourth-order valence-electron chi connectivity index (χ4n) is 0.931. The van der Waals surface area contributed by atoms with Crippen LogP contribution >= 0.6 is 11.6 Å². The summed E-state index contributed by atoms with van der Waals surface area (Å²) in [6.07, 6.45) is 0. The van der Waals surface area contributed by atoms with Crippen molar-refractivity contribution in [3.8, 4) is 6.07 Å². The minimum atomic E-state index is -0.895. The second kappa shape index (κ2) is 3.16. The number of halogens is 1. The van der Waals surface area contributed by atoms with Gasteiger partial charge in [-0.15, -0.1) is 0 Å². The van der Waals surface area contributed by atoms with Crippen molar-refractivity contribution >= 4 is 11.6 Å². The van der Waals surface area contributed by atoms with Crippen LogP contribution in [0.1, 0.15) is 18.1 Å². The van der Waals surface area contributed by atoms with E-state index in [0.29, 0.717) is 0 Å². The molecule has 0 radical (unpaired) electrons. The first-order valence-electron chi connectivity index (χ1n) is 3.73. The van der Waals surface area contributed by atoms with Gasteiger partial charge in [-0.1, -0.05) is 41.4 Å². The van der Waals surface area contributed by atoms with Gasteiger partial charge >= 0.3 is 0 Å². The zero-order valence-corrected chi connectivity index (χ0v) is 7.89. The van der Waals surface area contributed by atoms with E-state index in [2.05, 4.69) is 0 Å². The number of nitrogens with zero attached hydrogens (tertiary/aromatic N) is 1. The molecule has 0 bridgehead atoms. The van der Waals surface area contributed by atoms with Gasteiger partial charge < -0.3 is 0 Å². The first-order chi connectivity index (χ1) is 5.56. The molecule has 0 aliphatic heterocycles. The number of hydrogen-bond donors (Lipinski definition) is 0. The lowest BCUT2D eigenvalue weighted by atomic mass is 10.0. The molecule has 0 fully saturated rings. The van der Waals surface area contributed by atoms with Gasteiger partial charge in [0, 0.05) is 0 Å². The van der Waals surface area contributed by atoms with E-state index in [0.717, 1.165) is 5.56 Å². The van der Waals surface area contributed by atoms with Crippen LogP contribution in [0.3, 0.4) is 0 Å². The van der Waals surface area contributed by atoms with E-state index >= 15 is 0 Å². The summed E-state index contributed by atoms with van der Waals surface area (Å²) in [5.74, 6) is 0. The van der Waals surface area contributed by atoms with Gasteiger partial charge in [0.1, 0.15) is 0 Å². The minimum Gasteiger partial charge on any atom is -0.196 e. The highest BCUT2D eigenvalue weighted by Gasteiger charge is 2.21. The van der Waals surface area contributed by atoms with Gasteiger partial charge in [0.05, 0.1) is 6.07 Å². The van der Waals surface area contributed by atoms with E-state index < -0.39 is 4.87 Å². The summed E-state index contributed by atoms with van der Waals surface area (Å²) in [7, 11) is 0. The molecule has 62 valence electrons. The standard InChI is InChI=1S/C10H10ClN/c1-8-3-5-9(6-4-8)10(2,11)7-12/h3-6H,1-2H3. The zero-order chi connectivity index (χ0) is 9.19. The van der Waals surface area contributed by atoms with Crippen LogP contribution in [0.25, 0.3) is 0 Å². The van der Waals surface area contributed by atoms with Crippen LogP contribution in [0.4, 0.5) is 0 Å². The Bertz CT molecular complexity index is 306. The van der Waals surface area contributed by atoms with Gasteiger partial charge in [0.15, 0.2) is 4.87 Å². The summed E-state index contributed by atoms with van der Waals surface area (Å²) in [4.78, 5) is -0.895. The average molecular weight is 180 g/mol. The summed E-state index contributed by atoms with van der Waals surface area (Å²) in [5.41, 5.74) is 2.02. The van der Waals surface area contributed by atoms with Crippen molar-refractivity contribution in [2.75, 3.05) is 0 Å². The van der Waals surface area contributed by atoms with Crippen molar-refractivity contribution in [2.24, 2.45) is 0 Å². The third-order valence-electron chi connectivity index (χ3n) is 1.80. The van der Waals surface area contributed by atoms with Gasteiger partial charge in [0.2, 0.25) is 0 Å². The fraction of sp³-hybridized carbons (Fsp3) is 0.300. The highest BCUT2D eigenvalue weighted by molar-refractivity contribution is 6.25. The Morgan fingerprint density at radius 3 is 2.25 bits per heavy atom. The fourth-order valence-corrected chi connectivity index (χ4v) is 1.06. The van der Waals surface area contributed by atoms with Crippen molar-refractivity contribution in [2.45, 2.75) is 18.7 Å². The van der Waals surface area contributed by atoms with Crippen molar-refractivity contribution in [3.63, 3.8) is 0 Å². The summed E-state index contributed by atoms with van der Waals surface area (Å²) >= 11 is 5.94. The molecule has 0 amide bonds. The Labute approximate surface area is 77.6 Å². The normalized spacial score (nSPS) is 14.8. The lowest BCUT2D eigenvalue weighted by molar-refractivity contribution is 0.878. The molecule has 1 nitrogen and oxygen atoms in total. The molecule has 1 unspecified atom stereocenters. The van der Waals surface area contributed by atoms with Crippen LogP contribution in [0.15, 0.2) is 24.3 Å². The summed E-state index contributed by atoms with van der Waals surface area (Å²) in [6.45, 7) is 3.70. The summed E-state index contributed by atoms with van der Waals surface area (Å²) in [6, 6.07) is 9.71. The van der Waals surface area contributed by atoms with Crippen LogP contribution in [0.2, 0.25) is 0 Å². The van der Waals surface area contributed by atoms with Crippen molar-refractivity contribution < 1.29 is 0 Å². The SMILES string of the molecule is Cc1ccc(C(C)(Cl)C#N)cc1. The van der Waals surface area contributed by atoms with Crippen molar-refractivity contribution in [1.82, 2.24) is 0 Å². The van der Waals surface area contributed by atoms with Crippen LogP contribution in [-0.4, -0.2) is 0 Å². The summed E-state index contributed by atoms with van der Waals surface area (Å²) < 4.78 is 0. The Balaban J connectivity index is 3.07. The topological polar surface area (TPSA) is 23.8 Å². The molecular weight excluding hydrogens is 170 g/mol. The molecule has 0 aliphatic rings. The zero-order valence-electron chi connectivity index (χ0n) is 7.13. The molecule has 1 aromatic carbocycles. The van der Waals surface area contributed by atoms with Crippen LogP contribution < -0.4 is 0 Å². The molecule has 0 aromatic heterocycles. The van der Waals surface area contributed by atoms with E-state index in [1.807, 2.05) is 37.3 Å². The Hall–Kier alpha value is -1.00. The first-order valence-corrected chi connectivity index (χ1v) is 4.11. The molecule has 0 saturated heterocycles.